The maximum atomic E-state index is 12.1. The average Bonchev–Trinajstić information content (AvgIpc) is 2.83. The molecule has 0 aliphatic carbocycles. The number of amides is 1. The van der Waals surface area contributed by atoms with Gasteiger partial charge in [0.1, 0.15) is 0 Å². The van der Waals surface area contributed by atoms with Crippen LogP contribution in [0.4, 0.5) is 5.69 Å². The zero-order chi connectivity index (χ0) is 16.3. The summed E-state index contributed by atoms with van der Waals surface area (Å²) < 4.78 is 0.945. The van der Waals surface area contributed by atoms with E-state index in [4.69, 9.17) is 0 Å². The summed E-state index contributed by atoms with van der Waals surface area (Å²) in [5, 5.41) is 5.02. The number of nitrogens with zero attached hydrogens (tertiary/aromatic N) is 1. The lowest BCUT2D eigenvalue weighted by molar-refractivity contribution is -0.113. The quantitative estimate of drug-likeness (QED) is 0.818. The Bertz CT molecular complexity index is 651. The molecule has 1 N–H and O–H groups in total. The number of aromatic nitrogens is 1. The fourth-order valence-corrected chi connectivity index (χ4v) is 3.89. The molecule has 0 spiro atoms. The number of thiazole rings is 1. The smallest absolute Gasteiger partial charge is 0.234 e. The Labute approximate surface area is 140 Å². The van der Waals surface area contributed by atoms with Crippen LogP contribution < -0.4 is 5.32 Å². The molecular weight excluding hydrogens is 312 g/mol. The second-order valence-corrected chi connectivity index (χ2v) is 8.54. The van der Waals surface area contributed by atoms with Crippen molar-refractivity contribution in [1.82, 2.24) is 4.98 Å². The molecule has 2 aromatic rings. The first-order chi connectivity index (χ1) is 10.2. The Hall–Kier alpha value is -1.33. The van der Waals surface area contributed by atoms with Crippen LogP contribution in [-0.4, -0.2) is 16.6 Å². The van der Waals surface area contributed by atoms with Gasteiger partial charge in [-0.3, -0.25) is 4.79 Å². The van der Waals surface area contributed by atoms with Gasteiger partial charge in [-0.25, -0.2) is 4.98 Å². The van der Waals surface area contributed by atoms with E-state index >= 15 is 0 Å². The highest BCUT2D eigenvalue weighted by Crippen LogP contribution is 2.29. The molecule has 22 heavy (non-hydrogen) atoms. The van der Waals surface area contributed by atoms with Crippen LogP contribution in [0.3, 0.4) is 0 Å². The molecule has 0 fully saturated rings. The number of anilines is 1. The lowest BCUT2D eigenvalue weighted by Gasteiger charge is -2.14. The molecule has 0 unspecified atom stereocenters. The lowest BCUT2D eigenvalue weighted by atomic mass is 9.93. The largest absolute Gasteiger partial charge is 0.325 e. The van der Waals surface area contributed by atoms with E-state index in [0.717, 1.165) is 26.8 Å². The first-order valence-electron chi connectivity index (χ1n) is 7.21. The number of nitrogens with one attached hydrogen (secondary N) is 1. The monoisotopic (exact) mass is 334 g/mol. The van der Waals surface area contributed by atoms with Crippen molar-refractivity contribution in [3.05, 3.63) is 40.4 Å². The van der Waals surface area contributed by atoms with E-state index in [-0.39, 0.29) is 11.3 Å². The standard InChI is InChI=1S/C17H22N2OS2/c1-11-6-12(2)8-13(7-11)18-15(20)10-22-16-19-14(9-21-16)17(3,4)5/h6-9H,10H2,1-5H3,(H,18,20). The molecular formula is C17H22N2OS2. The van der Waals surface area contributed by atoms with Crippen molar-refractivity contribution < 1.29 is 4.79 Å². The van der Waals surface area contributed by atoms with Crippen molar-refractivity contribution >= 4 is 34.7 Å². The lowest BCUT2D eigenvalue weighted by Crippen LogP contribution is -2.14. The molecule has 0 bridgehead atoms. The Morgan fingerprint density at radius 1 is 1.23 bits per heavy atom. The second kappa shape index (κ2) is 6.84. The Morgan fingerprint density at radius 2 is 1.86 bits per heavy atom. The summed E-state index contributed by atoms with van der Waals surface area (Å²) >= 11 is 3.09. The van der Waals surface area contributed by atoms with Crippen molar-refractivity contribution in [1.29, 1.82) is 0 Å². The van der Waals surface area contributed by atoms with Gasteiger partial charge in [-0.2, -0.15) is 0 Å². The molecule has 1 aromatic heterocycles. The van der Waals surface area contributed by atoms with Crippen LogP contribution in [0.2, 0.25) is 0 Å². The fraction of sp³-hybridized carbons (Fsp3) is 0.412. The SMILES string of the molecule is Cc1cc(C)cc(NC(=O)CSc2nc(C(C)(C)C)cs2)c1. The molecule has 0 radical (unpaired) electrons. The summed E-state index contributed by atoms with van der Waals surface area (Å²) in [6, 6.07) is 6.06. The normalized spacial score (nSPS) is 11.5. The summed E-state index contributed by atoms with van der Waals surface area (Å²) in [6.45, 7) is 10.5. The molecule has 1 aromatic carbocycles. The molecule has 3 nitrogen and oxygen atoms in total. The number of aryl methyl sites for hydroxylation is 2. The van der Waals surface area contributed by atoms with Gasteiger partial charge in [-0.15, -0.1) is 11.3 Å². The van der Waals surface area contributed by atoms with Crippen LogP contribution in [0.5, 0.6) is 0 Å². The molecule has 118 valence electrons. The highest BCUT2D eigenvalue weighted by Gasteiger charge is 2.17. The van der Waals surface area contributed by atoms with Crippen LogP contribution in [0.25, 0.3) is 0 Å². The Morgan fingerprint density at radius 3 is 2.41 bits per heavy atom. The van der Waals surface area contributed by atoms with Gasteiger partial charge in [0, 0.05) is 16.5 Å². The number of rotatable bonds is 4. The summed E-state index contributed by atoms with van der Waals surface area (Å²) in [4.78, 5) is 16.6. The second-order valence-electron chi connectivity index (χ2n) is 6.46. The summed E-state index contributed by atoms with van der Waals surface area (Å²) in [6.07, 6.45) is 0. The molecule has 5 heteroatoms. The first kappa shape index (κ1) is 17.0. The molecule has 0 saturated carbocycles. The van der Waals surface area contributed by atoms with E-state index < -0.39 is 0 Å². The van der Waals surface area contributed by atoms with Crippen LogP contribution >= 0.6 is 23.1 Å². The van der Waals surface area contributed by atoms with E-state index in [1.807, 2.05) is 26.0 Å². The number of benzene rings is 1. The Balaban J connectivity index is 1.91. The predicted octanol–water partition coefficient (Wildman–Crippen LogP) is 4.79. The summed E-state index contributed by atoms with van der Waals surface area (Å²) in [7, 11) is 0. The predicted molar refractivity (Wildman–Crippen MR) is 96.1 cm³/mol. The highest BCUT2D eigenvalue weighted by atomic mass is 32.2. The highest BCUT2D eigenvalue weighted by molar-refractivity contribution is 8.01. The minimum atomic E-state index is 0.00232. The molecule has 1 amide bonds. The molecule has 0 saturated heterocycles. The van der Waals surface area contributed by atoms with Gasteiger partial charge in [0.15, 0.2) is 4.34 Å². The minimum Gasteiger partial charge on any atom is -0.325 e. The first-order valence-corrected chi connectivity index (χ1v) is 9.07. The van der Waals surface area contributed by atoms with Gasteiger partial charge >= 0.3 is 0 Å². The molecule has 0 atom stereocenters. The Kier molecular flexibility index (Phi) is 5.29. The van der Waals surface area contributed by atoms with Gasteiger partial charge in [-0.05, 0) is 37.1 Å². The van der Waals surface area contributed by atoms with E-state index in [1.165, 1.54) is 11.8 Å². The van der Waals surface area contributed by atoms with Crippen molar-refractivity contribution in [2.75, 3.05) is 11.1 Å². The van der Waals surface area contributed by atoms with E-state index in [0.29, 0.717) is 5.75 Å². The van der Waals surface area contributed by atoms with Crippen molar-refractivity contribution in [3.8, 4) is 0 Å². The summed E-state index contributed by atoms with van der Waals surface area (Å²) in [5.41, 5.74) is 4.29. The molecule has 0 aliphatic rings. The van der Waals surface area contributed by atoms with Crippen molar-refractivity contribution in [3.63, 3.8) is 0 Å². The van der Waals surface area contributed by atoms with E-state index in [1.54, 1.807) is 11.3 Å². The third kappa shape index (κ3) is 4.85. The molecule has 2 rings (SSSR count). The van der Waals surface area contributed by atoms with Gasteiger partial charge in [0.2, 0.25) is 5.91 Å². The van der Waals surface area contributed by atoms with Crippen LogP contribution in [-0.2, 0) is 10.2 Å². The average molecular weight is 335 g/mol. The van der Waals surface area contributed by atoms with Gasteiger partial charge in [-0.1, -0.05) is 38.6 Å². The molecule has 0 aliphatic heterocycles. The summed E-state index contributed by atoms with van der Waals surface area (Å²) in [5.74, 6) is 0.381. The zero-order valence-electron chi connectivity index (χ0n) is 13.7. The van der Waals surface area contributed by atoms with Gasteiger partial charge in [0.05, 0.1) is 11.4 Å². The van der Waals surface area contributed by atoms with Crippen molar-refractivity contribution in [2.24, 2.45) is 0 Å². The number of thioether (sulfide) groups is 1. The third-order valence-electron chi connectivity index (χ3n) is 3.08. The molecule has 1 heterocycles. The number of hydrogen-bond acceptors (Lipinski definition) is 4. The minimum absolute atomic E-state index is 0.00232. The zero-order valence-corrected chi connectivity index (χ0v) is 15.3. The van der Waals surface area contributed by atoms with Gasteiger partial charge < -0.3 is 5.32 Å². The topological polar surface area (TPSA) is 42.0 Å². The van der Waals surface area contributed by atoms with Gasteiger partial charge in [0.25, 0.3) is 0 Å². The third-order valence-corrected chi connectivity index (χ3v) is 5.10. The number of carbonyl (C=O) groups excluding carboxylic acids is 1. The van der Waals surface area contributed by atoms with Crippen molar-refractivity contribution in [2.45, 2.75) is 44.4 Å². The van der Waals surface area contributed by atoms with Crippen LogP contribution in [0, 0.1) is 13.8 Å². The number of carbonyl (C=O) groups is 1. The number of hydrogen-bond donors (Lipinski definition) is 1. The van der Waals surface area contributed by atoms with Crippen LogP contribution in [0.15, 0.2) is 27.9 Å². The van der Waals surface area contributed by atoms with Crippen LogP contribution in [0.1, 0.15) is 37.6 Å². The maximum absolute atomic E-state index is 12.1. The van der Waals surface area contributed by atoms with E-state index in [2.05, 4.69) is 42.5 Å². The maximum Gasteiger partial charge on any atom is 0.234 e. The fourth-order valence-electron chi connectivity index (χ4n) is 2.04. The van der Waals surface area contributed by atoms with E-state index in [9.17, 15) is 4.79 Å².